The number of nitrogens with zero attached hydrogens (tertiary/aromatic N) is 1. The van der Waals surface area contributed by atoms with E-state index in [9.17, 15) is 9.59 Å². The van der Waals surface area contributed by atoms with E-state index in [0.29, 0.717) is 22.7 Å². The molecule has 0 aliphatic rings. The molecule has 0 radical (unpaired) electrons. The molecule has 0 saturated carbocycles. The number of nitrogens with one attached hydrogen (secondary N) is 2. The summed E-state index contributed by atoms with van der Waals surface area (Å²) in [6, 6.07) is 12.0. The highest BCUT2D eigenvalue weighted by Crippen LogP contribution is 2.26. The van der Waals surface area contributed by atoms with Crippen molar-refractivity contribution in [2.45, 2.75) is 0 Å². The third-order valence-corrected chi connectivity index (χ3v) is 3.57. The molecule has 0 aliphatic carbocycles. The van der Waals surface area contributed by atoms with E-state index in [-0.39, 0.29) is 0 Å². The maximum atomic E-state index is 11.8. The van der Waals surface area contributed by atoms with Crippen LogP contribution in [0.3, 0.4) is 0 Å². The predicted molar refractivity (Wildman–Crippen MR) is 98.1 cm³/mol. The summed E-state index contributed by atoms with van der Waals surface area (Å²) in [6.07, 6.45) is 1.40. The van der Waals surface area contributed by atoms with Gasteiger partial charge in [-0.3, -0.25) is 9.59 Å². The van der Waals surface area contributed by atoms with Gasteiger partial charge in [0.2, 0.25) is 0 Å². The molecule has 8 heteroatoms. The molecule has 0 unspecified atom stereocenters. The van der Waals surface area contributed by atoms with Crippen LogP contribution in [0.2, 0.25) is 0 Å². The number of hydrogen-bond acceptors (Lipinski definition) is 5. The minimum absolute atomic E-state index is 0.499. The van der Waals surface area contributed by atoms with Crippen molar-refractivity contribution in [3.8, 4) is 11.5 Å². The maximum absolute atomic E-state index is 11.8. The van der Waals surface area contributed by atoms with Crippen molar-refractivity contribution in [2.75, 3.05) is 19.5 Å². The fourth-order valence-electron chi connectivity index (χ4n) is 1.90. The molecule has 7 nitrogen and oxygen atoms in total. The lowest BCUT2D eigenvalue weighted by molar-refractivity contribution is -0.136. The van der Waals surface area contributed by atoms with E-state index in [1.165, 1.54) is 20.4 Å². The summed E-state index contributed by atoms with van der Waals surface area (Å²) in [5.41, 5.74) is 3.34. The van der Waals surface area contributed by atoms with Crippen LogP contribution in [0.25, 0.3) is 0 Å². The van der Waals surface area contributed by atoms with Crippen molar-refractivity contribution in [3.63, 3.8) is 0 Å². The first kappa shape index (κ1) is 18.5. The Morgan fingerprint density at radius 3 is 2.48 bits per heavy atom. The average Bonchev–Trinajstić information content (AvgIpc) is 2.61. The second-order valence-electron chi connectivity index (χ2n) is 4.78. The summed E-state index contributed by atoms with van der Waals surface area (Å²) in [7, 11) is 3.06. The number of benzene rings is 2. The molecule has 0 aliphatic heterocycles. The van der Waals surface area contributed by atoms with Crippen LogP contribution in [0.1, 0.15) is 5.56 Å². The molecule has 2 aromatic rings. The largest absolute Gasteiger partial charge is 0.493 e. The standard InChI is InChI=1S/C17H16BrN3O4/c1-24-14-7-6-11(8-15(14)25-2)10-19-21-17(23)16(22)20-13-5-3-4-12(18)9-13/h3-10H,1-2H3,(H,20,22)(H,21,23). The van der Waals surface area contributed by atoms with E-state index in [0.717, 1.165) is 4.47 Å². The topological polar surface area (TPSA) is 89.0 Å². The average molecular weight is 406 g/mol. The molecule has 0 spiro atoms. The monoisotopic (exact) mass is 405 g/mol. The van der Waals surface area contributed by atoms with Crippen LogP contribution in [0, 0.1) is 0 Å². The second kappa shape index (κ2) is 8.84. The molecule has 0 heterocycles. The Morgan fingerprint density at radius 1 is 1.04 bits per heavy atom. The van der Waals surface area contributed by atoms with E-state index in [1.807, 2.05) is 6.07 Å². The van der Waals surface area contributed by atoms with Crippen LogP contribution in [-0.2, 0) is 9.59 Å². The Hall–Kier alpha value is -2.87. The van der Waals surface area contributed by atoms with Gasteiger partial charge >= 0.3 is 11.8 Å². The molecule has 0 atom stereocenters. The number of amides is 2. The number of carbonyl (C=O) groups excluding carboxylic acids is 2. The van der Waals surface area contributed by atoms with Gasteiger partial charge in [0.25, 0.3) is 0 Å². The lowest BCUT2D eigenvalue weighted by atomic mass is 10.2. The smallest absolute Gasteiger partial charge is 0.329 e. The molecule has 130 valence electrons. The number of rotatable bonds is 5. The molecule has 0 fully saturated rings. The fourth-order valence-corrected chi connectivity index (χ4v) is 2.30. The van der Waals surface area contributed by atoms with Crippen molar-refractivity contribution in [2.24, 2.45) is 5.10 Å². The van der Waals surface area contributed by atoms with Gasteiger partial charge in [0.1, 0.15) is 0 Å². The Labute approximate surface area is 153 Å². The molecule has 0 bridgehead atoms. The molecule has 0 saturated heterocycles. The number of carbonyl (C=O) groups is 2. The molecular weight excluding hydrogens is 390 g/mol. The summed E-state index contributed by atoms with van der Waals surface area (Å²) in [6.45, 7) is 0. The van der Waals surface area contributed by atoms with E-state index in [4.69, 9.17) is 9.47 Å². The van der Waals surface area contributed by atoms with Crippen LogP contribution in [0.4, 0.5) is 5.69 Å². The lowest BCUT2D eigenvalue weighted by Crippen LogP contribution is -2.32. The van der Waals surface area contributed by atoms with Crippen LogP contribution in [0.5, 0.6) is 11.5 Å². The SMILES string of the molecule is COc1ccc(C=NNC(=O)C(=O)Nc2cccc(Br)c2)cc1OC. The van der Waals surface area contributed by atoms with Gasteiger partial charge in [-0.25, -0.2) is 5.43 Å². The maximum Gasteiger partial charge on any atom is 0.329 e. The Kier molecular flexibility index (Phi) is 6.53. The number of anilines is 1. The zero-order valence-electron chi connectivity index (χ0n) is 13.6. The van der Waals surface area contributed by atoms with Gasteiger partial charge in [-0.2, -0.15) is 5.10 Å². The molecule has 0 aromatic heterocycles. The Balaban J connectivity index is 1.94. The highest BCUT2D eigenvalue weighted by atomic mass is 79.9. The molecule has 2 amide bonds. The van der Waals surface area contributed by atoms with Crippen LogP contribution in [-0.4, -0.2) is 32.2 Å². The first-order valence-electron chi connectivity index (χ1n) is 7.15. The van der Waals surface area contributed by atoms with Gasteiger partial charge in [-0.15, -0.1) is 0 Å². The molecule has 2 aromatic carbocycles. The summed E-state index contributed by atoms with van der Waals surface area (Å²) >= 11 is 3.28. The third kappa shape index (κ3) is 5.32. The first-order chi connectivity index (χ1) is 12.0. The van der Waals surface area contributed by atoms with Gasteiger partial charge in [0.05, 0.1) is 20.4 Å². The Morgan fingerprint density at radius 2 is 1.80 bits per heavy atom. The van der Waals surface area contributed by atoms with Gasteiger partial charge in [0.15, 0.2) is 11.5 Å². The summed E-state index contributed by atoms with van der Waals surface area (Å²) in [4.78, 5) is 23.6. The zero-order chi connectivity index (χ0) is 18.2. The number of halogens is 1. The zero-order valence-corrected chi connectivity index (χ0v) is 15.2. The minimum atomic E-state index is -0.878. The highest BCUT2D eigenvalue weighted by Gasteiger charge is 2.12. The number of hydrazone groups is 1. The minimum Gasteiger partial charge on any atom is -0.493 e. The first-order valence-corrected chi connectivity index (χ1v) is 7.94. The summed E-state index contributed by atoms with van der Waals surface area (Å²) in [5, 5.41) is 6.23. The van der Waals surface area contributed by atoms with Gasteiger partial charge in [-0.05, 0) is 42.0 Å². The van der Waals surface area contributed by atoms with Crippen LogP contribution >= 0.6 is 15.9 Å². The quantitative estimate of drug-likeness (QED) is 0.454. The van der Waals surface area contributed by atoms with Crippen molar-refractivity contribution < 1.29 is 19.1 Å². The summed E-state index contributed by atoms with van der Waals surface area (Å²) in [5.74, 6) is -0.582. The lowest BCUT2D eigenvalue weighted by Gasteiger charge is -2.07. The highest BCUT2D eigenvalue weighted by molar-refractivity contribution is 9.10. The van der Waals surface area contributed by atoms with Crippen molar-refractivity contribution in [1.82, 2.24) is 5.43 Å². The van der Waals surface area contributed by atoms with E-state index >= 15 is 0 Å². The van der Waals surface area contributed by atoms with Gasteiger partial charge < -0.3 is 14.8 Å². The third-order valence-electron chi connectivity index (χ3n) is 3.08. The molecule has 2 rings (SSSR count). The van der Waals surface area contributed by atoms with Crippen LogP contribution in [0.15, 0.2) is 52.0 Å². The van der Waals surface area contributed by atoms with E-state index < -0.39 is 11.8 Å². The molecule has 25 heavy (non-hydrogen) atoms. The van der Waals surface area contributed by atoms with Crippen molar-refractivity contribution in [3.05, 3.63) is 52.5 Å². The van der Waals surface area contributed by atoms with Crippen molar-refractivity contribution >= 4 is 39.6 Å². The van der Waals surface area contributed by atoms with Gasteiger partial charge in [0, 0.05) is 10.2 Å². The Bertz CT molecular complexity index is 808. The molecule has 2 N–H and O–H groups in total. The van der Waals surface area contributed by atoms with E-state index in [2.05, 4.69) is 31.8 Å². The molecular formula is C17H16BrN3O4. The fraction of sp³-hybridized carbons (Fsp3) is 0.118. The van der Waals surface area contributed by atoms with Gasteiger partial charge in [-0.1, -0.05) is 22.0 Å². The second-order valence-corrected chi connectivity index (χ2v) is 5.69. The normalized spacial score (nSPS) is 10.4. The number of hydrogen-bond donors (Lipinski definition) is 2. The summed E-state index contributed by atoms with van der Waals surface area (Å²) < 4.78 is 11.1. The van der Waals surface area contributed by atoms with Crippen molar-refractivity contribution in [1.29, 1.82) is 0 Å². The predicted octanol–water partition coefficient (Wildman–Crippen LogP) is 2.56. The van der Waals surface area contributed by atoms with Crippen LogP contribution < -0.4 is 20.2 Å². The number of methoxy groups -OCH3 is 2. The number of ether oxygens (including phenoxy) is 2. The van der Waals surface area contributed by atoms with E-state index in [1.54, 1.807) is 36.4 Å².